The van der Waals surface area contributed by atoms with Crippen LogP contribution in [-0.4, -0.2) is 129 Å². The molecule has 9 heterocycles. The molecular weight excluding hydrogens is 1140 g/mol. The second kappa shape index (κ2) is 19.9. The molecule has 22 nitrogen and oxygen atoms in total. The summed E-state index contributed by atoms with van der Waals surface area (Å²) in [5.74, 6) is -2.70. The number of nitrogens with zero attached hydrogens (tertiary/aromatic N) is 8. The number of carbonyl (C=O) groups is 3. The van der Waals surface area contributed by atoms with Crippen molar-refractivity contribution < 1.29 is 63.4 Å². The fourth-order valence-electron chi connectivity index (χ4n) is 11.3. The first-order valence-electron chi connectivity index (χ1n) is 26.6. The maximum atomic E-state index is 16.6. The topological polar surface area (TPSA) is 257 Å². The van der Waals surface area contributed by atoms with Gasteiger partial charge in [0, 0.05) is 92.6 Å². The van der Waals surface area contributed by atoms with Crippen molar-refractivity contribution in [1.29, 1.82) is 0 Å². The fraction of sp³-hybridized carbons (Fsp3) is 0.237. The van der Waals surface area contributed by atoms with Crippen LogP contribution in [0.15, 0.2) is 99.8 Å². The monoisotopic (exact) mass is 1190 g/mol. The van der Waals surface area contributed by atoms with Gasteiger partial charge in [0.05, 0.1) is 68.8 Å². The highest BCUT2D eigenvalue weighted by Crippen LogP contribution is 2.46. The van der Waals surface area contributed by atoms with Gasteiger partial charge >= 0.3 is 0 Å². The predicted octanol–water partition coefficient (Wildman–Crippen LogP) is 8.00. The number of furan rings is 2. The van der Waals surface area contributed by atoms with Crippen molar-refractivity contribution >= 4 is 92.9 Å². The molecule has 3 aliphatic rings. The van der Waals surface area contributed by atoms with Gasteiger partial charge in [-0.25, -0.2) is 35.6 Å². The number of pyridine rings is 2. The highest BCUT2D eigenvalue weighted by atomic mass is 32.2. The number of aliphatic hydroxyl groups is 1. The second-order valence-corrected chi connectivity index (χ2v) is 25.2. The molecule has 1 saturated heterocycles. The number of aliphatic hydroxyl groups excluding tert-OH is 1. The first-order valence-corrected chi connectivity index (χ1v) is 30.3. The zero-order valence-corrected chi connectivity index (χ0v) is 48.2. The largest absolute Gasteiger partial charge is 0.470 e. The smallest absolute Gasteiger partial charge is 0.290 e. The summed E-state index contributed by atoms with van der Waals surface area (Å²) in [7, 11) is -0.795. The molecule has 10 aromatic rings. The van der Waals surface area contributed by atoms with E-state index in [4.69, 9.17) is 28.3 Å². The Hall–Kier alpha value is -9.37. The molecule has 1 unspecified atom stereocenters. The zero-order valence-electron chi connectivity index (χ0n) is 46.6. The molecule has 3 amide bonds. The van der Waals surface area contributed by atoms with Crippen molar-refractivity contribution in [3.05, 3.63) is 131 Å². The SMILES string of the molecule is CNC(=O)c1c(C(=O)N(C)Cc2cc(F)c3cc4n(c3c2)COc2ccc(-c3cc5c(C(O)NC)c(C(=O)N6CCC6)oc5cc3N(C)S(C)(=O)=O)nc2-4)oc2cc(N(C)S(C)(=O)=O)c(-c3ccc4c(n3)-c3cc5c(F)cccc5n3CO4)cc12. The summed E-state index contributed by atoms with van der Waals surface area (Å²) in [4.78, 5) is 55.1. The van der Waals surface area contributed by atoms with Crippen molar-refractivity contribution in [2.24, 2.45) is 0 Å². The molecule has 1 atom stereocenters. The third-order valence-corrected chi connectivity index (χ3v) is 18.4. The first kappa shape index (κ1) is 54.9. The summed E-state index contributed by atoms with van der Waals surface area (Å²) >= 11 is 0. The Labute approximate surface area is 483 Å². The van der Waals surface area contributed by atoms with Crippen molar-refractivity contribution in [1.82, 2.24) is 39.5 Å². The van der Waals surface area contributed by atoms with E-state index in [0.29, 0.717) is 74.6 Å². The van der Waals surface area contributed by atoms with Gasteiger partial charge in [-0.3, -0.25) is 28.3 Å². The molecule has 13 rings (SSSR count). The molecule has 0 saturated carbocycles. The Morgan fingerprint density at radius 1 is 0.682 bits per heavy atom. The van der Waals surface area contributed by atoms with E-state index in [2.05, 4.69) is 10.6 Å². The van der Waals surface area contributed by atoms with Crippen molar-refractivity contribution in [2.75, 3.05) is 69.4 Å². The number of ether oxygens (including phenoxy) is 2. The van der Waals surface area contributed by atoms with E-state index in [-0.39, 0.29) is 98.6 Å². The van der Waals surface area contributed by atoms with Crippen LogP contribution in [0.4, 0.5) is 20.2 Å². The minimum atomic E-state index is -3.95. The Bertz CT molecular complexity index is 4800. The summed E-state index contributed by atoms with van der Waals surface area (Å²) in [5.41, 5.74) is 4.40. The molecule has 85 heavy (non-hydrogen) atoms. The number of hydrogen-bond donors (Lipinski definition) is 3. The number of rotatable bonds is 13. The van der Waals surface area contributed by atoms with Crippen LogP contribution in [0.25, 0.3) is 89.0 Å². The maximum absolute atomic E-state index is 16.6. The molecule has 0 aliphatic carbocycles. The number of amides is 3. The van der Waals surface area contributed by atoms with E-state index >= 15 is 8.78 Å². The van der Waals surface area contributed by atoms with Crippen LogP contribution in [0.1, 0.15) is 55.2 Å². The molecule has 3 N–H and O–H groups in total. The van der Waals surface area contributed by atoms with Crippen molar-refractivity contribution in [3.63, 3.8) is 0 Å². The summed E-state index contributed by atoms with van der Waals surface area (Å²) in [6.45, 7) is 0.843. The molecule has 3 aliphatic heterocycles. The van der Waals surface area contributed by atoms with Gasteiger partial charge in [0.2, 0.25) is 25.8 Å². The Morgan fingerprint density at radius 2 is 1.24 bits per heavy atom. The van der Waals surface area contributed by atoms with Gasteiger partial charge in [0.1, 0.15) is 51.9 Å². The highest BCUT2D eigenvalue weighted by molar-refractivity contribution is 7.92. The summed E-state index contributed by atoms with van der Waals surface area (Å²) < 4.78 is 115. The lowest BCUT2D eigenvalue weighted by Gasteiger charge is -2.30. The molecule has 26 heteroatoms. The number of benzene rings is 4. The Morgan fingerprint density at radius 3 is 1.79 bits per heavy atom. The summed E-state index contributed by atoms with van der Waals surface area (Å²) in [6, 6.07) is 23.6. The van der Waals surface area contributed by atoms with Gasteiger partial charge in [-0.15, -0.1) is 0 Å². The van der Waals surface area contributed by atoms with Crippen molar-refractivity contribution in [3.8, 4) is 56.8 Å². The van der Waals surface area contributed by atoms with Gasteiger partial charge in [-0.1, -0.05) is 6.07 Å². The third kappa shape index (κ3) is 8.87. The van der Waals surface area contributed by atoms with Gasteiger partial charge < -0.3 is 47.7 Å². The molecule has 4 aromatic carbocycles. The number of aromatic nitrogens is 4. The average Bonchev–Trinajstić information content (AvgIpc) is 1.81. The van der Waals surface area contributed by atoms with E-state index in [9.17, 15) is 36.3 Å². The average molecular weight is 1200 g/mol. The molecule has 436 valence electrons. The quantitative estimate of drug-likeness (QED) is 0.0924. The Balaban J connectivity index is 0.859. The second-order valence-electron chi connectivity index (χ2n) is 21.2. The van der Waals surface area contributed by atoms with Crippen molar-refractivity contribution in [2.45, 2.75) is 32.7 Å². The summed E-state index contributed by atoms with van der Waals surface area (Å²) in [5, 5.41) is 17.6. The van der Waals surface area contributed by atoms with Crippen LogP contribution in [0.2, 0.25) is 0 Å². The van der Waals surface area contributed by atoms with Crippen LogP contribution >= 0.6 is 0 Å². The van der Waals surface area contributed by atoms with Crippen LogP contribution in [0.3, 0.4) is 0 Å². The van der Waals surface area contributed by atoms with Gasteiger partial charge in [0.15, 0.2) is 19.2 Å². The molecule has 1 fully saturated rings. The third-order valence-electron chi connectivity index (χ3n) is 16.0. The number of halogens is 2. The number of carbonyl (C=O) groups excluding carboxylic acids is 3. The maximum Gasteiger partial charge on any atom is 0.290 e. The van der Waals surface area contributed by atoms with Crippen LogP contribution in [0, 0.1) is 11.6 Å². The lowest BCUT2D eigenvalue weighted by atomic mass is 10.0. The fourth-order valence-corrected chi connectivity index (χ4v) is 12.3. The molecule has 6 aromatic heterocycles. The number of likely N-dealkylation sites (tertiary alicyclic amines) is 1. The van der Waals surface area contributed by atoms with Gasteiger partial charge in [-0.05, 0) is 91.8 Å². The van der Waals surface area contributed by atoms with E-state index in [0.717, 1.165) is 27.5 Å². The normalized spacial score (nSPS) is 14.1. The summed E-state index contributed by atoms with van der Waals surface area (Å²) in [6.07, 6.45) is 1.52. The Kier molecular flexibility index (Phi) is 12.8. The van der Waals surface area contributed by atoms with E-state index < -0.39 is 55.6 Å². The number of sulfonamides is 2. The lowest BCUT2D eigenvalue weighted by molar-refractivity contribution is 0.0608. The number of hydrogen-bond acceptors (Lipinski definition) is 15. The van der Waals surface area contributed by atoms with Crippen LogP contribution in [0.5, 0.6) is 11.5 Å². The van der Waals surface area contributed by atoms with E-state index in [1.54, 1.807) is 74.7 Å². The first-order chi connectivity index (χ1) is 40.5. The molecule has 0 radical (unpaired) electrons. The minimum Gasteiger partial charge on any atom is -0.470 e. The minimum absolute atomic E-state index is 0.00738. The van der Waals surface area contributed by atoms with E-state index in [1.165, 1.54) is 70.5 Å². The molecule has 0 bridgehead atoms. The molecular formula is C59H52F2N10O12S2. The molecule has 0 spiro atoms. The van der Waals surface area contributed by atoms with E-state index in [1.807, 2.05) is 0 Å². The van der Waals surface area contributed by atoms with Crippen LogP contribution < -0.4 is 28.7 Å². The number of fused-ring (bicyclic) bond motifs is 12. The standard InChI is InChI=1S/C59H52F2N10O12S2/c1-62-56(72)50-34-20-32(38-12-14-46-52(64-38)44-22-30-36(60)10-8-11-40(30)70(44)27-80-46)41(67(4)84(6,76)77)24-48(34)82-54(50)58(74)66(3)26-29-18-37(61)31-23-45-53-47(81-28-71(45)43(31)19-29)15-13-39(65-53)33-21-35-49(25-42(33)68(5)85(7,78)79)83-55(51(35)57(73)63-2)59(75)69-16-9-17-69/h8,10-15,18-25,57,63,73H,9,16-17,26-28H2,1-7H3,(H,62,72). The van der Waals surface area contributed by atoms with Gasteiger partial charge in [-0.2, -0.15) is 0 Å². The zero-order chi connectivity index (χ0) is 59.9. The lowest BCUT2D eigenvalue weighted by Crippen LogP contribution is -2.42. The number of anilines is 2. The highest BCUT2D eigenvalue weighted by Gasteiger charge is 2.35. The number of nitrogens with one attached hydrogen (secondary N) is 2. The predicted molar refractivity (Wildman–Crippen MR) is 312 cm³/mol. The van der Waals surface area contributed by atoms with Gasteiger partial charge in [0.25, 0.3) is 17.7 Å². The van der Waals surface area contributed by atoms with Crippen LogP contribution in [-0.2, 0) is 40.1 Å².